The zero-order valence-electron chi connectivity index (χ0n) is 32.4. The van der Waals surface area contributed by atoms with Crippen LogP contribution >= 0.6 is 11.6 Å². The Bertz CT molecular complexity index is 2150. The second kappa shape index (κ2) is 16.1. The Morgan fingerprint density at radius 1 is 0.804 bits per heavy atom. The smallest absolute Gasteiger partial charge is 0.306 e. The second-order valence-corrected chi connectivity index (χ2v) is 16.3. The van der Waals surface area contributed by atoms with E-state index in [9.17, 15) is 19.5 Å². The Labute approximate surface area is 332 Å². The molecule has 1 aliphatic carbocycles. The molecule has 2 fully saturated rings. The fraction of sp³-hybridized carbons (Fsp3) is 0.500. The summed E-state index contributed by atoms with van der Waals surface area (Å²) in [5.41, 5.74) is 7.55. The largest absolute Gasteiger partial charge is 0.481 e. The van der Waals surface area contributed by atoms with Crippen LogP contribution in [0, 0.1) is 18.8 Å². The van der Waals surface area contributed by atoms with Crippen LogP contribution in [0.4, 0.5) is 11.4 Å². The third kappa shape index (κ3) is 7.61. The van der Waals surface area contributed by atoms with Gasteiger partial charge >= 0.3 is 5.97 Å². The first-order valence-corrected chi connectivity index (χ1v) is 20.3. The molecule has 0 spiro atoms. The molecule has 5 heterocycles. The maximum atomic E-state index is 13.8. The highest BCUT2D eigenvalue weighted by molar-refractivity contribution is 6.36. The van der Waals surface area contributed by atoms with Gasteiger partial charge in [-0.1, -0.05) is 35.9 Å². The van der Waals surface area contributed by atoms with Gasteiger partial charge < -0.3 is 29.6 Å². The monoisotopic (exact) mass is 782 g/mol. The maximum Gasteiger partial charge on any atom is 0.306 e. The quantitative estimate of drug-likeness (QED) is 0.184. The van der Waals surface area contributed by atoms with E-state index in [1.807, 2.05) is 60.5 Å². The lowest BCUT2D eigenvalue weighted by molar-refractivity contribution is -0.143. The van der Waals surface area contributed by atoms with E-state index in [0.717, 1.165) is 130 Å². The summed E-state index contributed by atoms with van der Waals surface area (Å²) < 4.78 is 9.38. The number of carbonyl (C=O) groups excluding carboxylic acids is 2. The molecule has 56 heavy (non-hydrogen) atoms. The minimum absolute atomic E-state index is 0.214. The van der Waals surface area contributed by atoms with E-state index in [1.54, 1.807) is 6.07 Å². The molecule has 13 nitrogen and oxygen atoms in total. The number of nitrogens with zero attached hydrogens (tertiary/aromatic N) is 6. The number of hydrogen-bond donors (Lipinski definition) is 3. The minimum atomic E-state index is -0.677. The third-order valence-electron chi connectivity index (χ3n) is 12.6. The van der Waals surface area contributed by atoms with Crippen LogP contribution in [-0.4, -0.2) is 90.7 Å². The number of aliphatic carboxylic acids is 1. The van der Waals surface area contributed by atoms with Gasteiger partial charge in [0.2, 0.25) is 0 Å². The number of nitrogens with one attached hydrogen (secondary N) is 2. The molecule has 1 saturated carbocycles. The van der Waals surface area contributed by atoms with Crippen LogP contribution in [0.25, 0.3) is 11.1 Å². The summed E-state index contributed by atoms with van der Waals surface area (Å²) in [5.74, 6) is -0.300. The van der Waals surface area contributed by atoms with E-state index in [0.29, 0.717) is 46.6 Å². The van der Waals surface area contributed by atoms with Gasteiger partial charge in [0.05, 0.1) is 28.0 Å². The lowest BCUT2D eigenvalue weighted by atomic mass is 9.81. The first-order valence-electron chi connectivity index (χ1n) is 19.9. The topological polar surface area (TPSA) is 147 Å². The van der Waals surface area contributed by atoms with E-state index in [4.69, 9.17) is 26.3 Å². The number of fused-ring (bicyclic) bond motifs is 2. The van der Waals surface area contributed by atoms with Crippen LogP contribution in [0.2, 0.25) is 5.02 Å². The number of anilines is 2. The van der Waals surface area contributed by atoms with Gasteiger partial charge in [-0.05, 0) is 74.6 Å². The van der Waals surface area contributed by atoms with E-state index < -0.39 is 5.97 Å². The molecule has 4 aromatic rings. The molecule has 0 radical (unpaired) electrons. The Balaban J connectivity index is 0.937. The van der Waals surface area contributed by atoms with Gasteiger partial charge in [-0.25, -0.2) is 9.97 Å². The number of ether oxygens (including phenoxy) is 1. The van der Waals surface area contributed by atoms with Crippen LogP contribution in [0.5, 0.6) is 0 Å². The van der Waals surface area contributed by atoms with Crippen molar-refractivity contribution in [1.29, 1.82) is 0 Å². The number of carbonyl (C=O) groups is 3. The lowest BCUT2D eigenvalue weighted by Gasteiger charge is -2.36. The predicted octanol–water partition coefficient (Wildman–Crippen LogP) is 6.07. The van der Waals surface area contributed by atoms with Crippen LogP contribution in [0.1, 0.15) is 88.1 Å². The molecule has 0 atom stereocenters. The number of carboxylic acid groups (broad SMARTS) is 1. The van der Waals surface area contributed by atoms with Gasteiger partial charge in [0.25, 0.3) is 11.8 Å². The highest BCUT2D eigenvalue weighted by Gasteiger charge is 2.32. The average molecular weight is 783 g/mol. The van der Waals surface area contributed by atoms with Crippen molar-refractivity contribution in [3.05, 3.63) is 81.4 Å². The van der Waals surface area contributed by atoms with Gasteiger partial charge in [0.1, 0.15) is 0 Å². The Kier molecular flexibility index (Phi) is 11.0. The average Bonchev–Trinajstić information content (AvgIpc) is 3.72. The number of amides is 2. The standard InChI is InChI=1S/C42H51ClN8O5/c1-25-29(30-7-5-9-32(37(30)43)47-41(53)39-45-34-24-51(19-15-36(34)49(39)3)28-16-20-56-21-17-28)6-4-8-31(25)46-40(52)38-44-33-23-50(18-14-35(33)48(38)2)22-26-10-12-27(13-11-26)42(54)55/h4-9,26-28H,10-24H2,1-3H3,(H,46,52)(H,47,53)(H,54,55). The van der Waals surface area contributed by atoms with Gasteiger partial charge in [-0.15, -0.1) is 0 Å². The van der Waals surface area contributed by atoms with Crippen LogP contribution < -0.4 is 10.6 Å². The van der Waals surface area contributed by atoms with E-state index in [2.05, 4.69) is 20.4 Å². The molecule has 8 rings (SSSR count). The van der Waals surface area contributed by atoms with Crippen molar-refractivity contribution in [2.75, 3.05) is 43.5 Å². The number of carboxylic acids is 1. The summed E-state index contributed by atoms with van der Waals surface area (Å²) in [5, 5.41) is 15.9. The molecular weight excluding hydrogens is 732 g/mol. The zero-order chi connectivity index (χ0) is 39.1. The Hall–Kier alpha value is -4.56. The normalized spacial score (nSPS) is 20.6. The van der Waals surface area contributed by atoms with Crippen LogP contribution in [-0.2, 0) is 49.6 Å². The summed E-state index contributed by atoms with van der Waals surface area (Å²) in [4.78, 5) is 53.3. The molecule has 1 saturated heterocycles. The SMILES string of the molecule is Cc1c(NC(=O)c2nc3c(n2C)CCN(CC2CCC(C(=O)O)CC2)C3)cccc1-c1cccc(NC(=O)c2nc3c(n2C)CCN(C2CCOCC2)C3)c1Cl. The summed E-state index contributed by atoms with van der Waals surface area (Å²) >= 11 is 7.03. The fourth-order valence-electron chi connectivity index (χ4n) is 9.27. The van der Waals surface area contributed by atoms with Crippen molar-refractivity contribution in [2.24, 2.45) is 25.9 Å². The third-order valence-corrected chi connectivity index (χ3v) is 13.0. The number of aromatic nitrogens is 4. The number of benzene rings is 2. The number of halogens is 1. The minimum Gasteiger partial charge on any atom is -0.481 e. The highest BCUT2D eigenvalue weighted by Crippen LogP contribution is 2.38. The maximum absolute atomic E-state index is 13.8. The molecule has 2 amide bonds. The summed E-state index contributed by atoms with van der Waals surface area (Å²) in [6, 6.07) is 11.7. The van der Waals surface area contributed by atoms with Crippen molar-refractivity contribution >= 4 is 40.8 Å². The first-order chi connectivity index (χ1) is 27.0. The van der Waals surface area contributed by atoms with Crippen molar-refractivity contribution in [1.82, 2.24) is 28.9 Å². The molecule has 0 bridgehead atoms. The molecule has 2 aromatic heterocycles. The van der Waals surface area contributed by atoms with Crippen molar-refractivity contribution in [2.45, 2.75) is 77.4 Å². The molecule has 14 heteroatoms. The predicted molar refractivity (Wildman–Crippen MR) is 214 cm³/mol. The summed E-state index contributed by atoms with van der Waals surface area (Å²) in [7, 11) is 3.80. The molecule has 2 aromatic carbocycles. The van der Waals surface area contributed by atoms with Crippen molar-refractivity contribution in [3.63, 3.8) is 0 Å². The Morgan fingerprint density at radius 3 is 2.05 bits per heavy atom. The molecule has 0 unspecified atom stereocenters. The molecular formula is C42H51ClN8O5. The zero-order valence-corrected chi connectivity index (χ0v) is 33.2. The van der Waals surface area contributed by atoms with Gasteiger partial charge in [-0.3, -0.25) is 24.2 Å². The second-order valence-electron chi connectivity index (χ2n) is 15.9. The summed E-state index contributed by atoms with van der Waals surface area (Å²) in [6.07, 6.45) is 7.03. The van der Waals surface area contributed by atoms with Gasteiger partial charge in [0, 0.05) is 102 Å². The molecule has 3 N–H and O–H groups in total. The van der Waals surface area contributed by atoms with Gasteiger partial charge in [0.15, 0.2) is 11.6 Å². The number of hydrogen-bond acceptors (Lipinski definition) is 8. The first kappa shape index (κ1) is 38.3. The van der Waals surface area contributed by atoms with Gasteiger partial charge in [-0.2, -0.15) is 0 Å². The van der Waals surface area contributed by atoms with E-state index in [1.165, 1.54) is 0 Å². The summed E-state index contributed by atoms with van der Waals surface area (Å²) in [6.45, 7) is 7.66. The highest BCUT2D eigenvalue weighted by atomic mass is 35.5. The Morgan fingerprint density at radius 2 is 1.39 bits per heavy atom. The number of rotatable bonds is 9. The molecule has 296 valence electrons. The fourth-order valence-corrected chi connectivity index (χ4v) is 9.54. The van der Waals surface area contributed by atoms with E-state index in [-0.39, 0.29) is 17.7 Å². The lowest BCUT2D eigenvalue weighted by Crippen LogP contribution is -2.42. The molecule has 4 aliphatic rings. The number of imidazole rings is 2. The van der Waals surface area contributed by atoms with Crippen molar-refractivity contribution < 1.29 is 24.2 Å². The van der Waals surface area contributed by atoms with Crippen LogP contribution in [0.15, 0.2) is 36.4 Å². The van der Waals surface area contributed by atoms with Crippen LogP contribution in [0.3, 0.4) is 0 Å². The van der Waals surface area contributed by atoms with E-state index >= 15 is 0 Å². The van der Waals surface area contributed by atoms with Crippen molar-refractivity contribution in [3.8, 4) is 11.1 Å². The molecule has 3 aliphatic heterocycles.